The highest BCUT2D eigenvalue weighted by Crippen LogP contribution is 2.44. The Morgan fingerprint density at radius 2 is 1.97 bits per heavy atom. The van der Waals surface area contributed by atoms with Crippen molar-refractivity contribution in [1.82, 2.24) is 20.1 Å². The van der Waals surface area contributed by atoms with Gasteiger partial charge < -0.3 is 5.32 Å². The number of hydrogen-bond acceptors (Lipinski definition) is 5. The Morgan fingerprint density at radius 3 is 2.77 bits per heavy atom. The lowest BCUT2D eigenvalue weighted by molar-refractivity contribution is -0.141. The van der Waals surface area contributed by atoms with E-state index in [9.17, 15) is 9.59 Å². The largest absolute Gasteiger partial charge is 0.309 e. The van der Waals surface area contributed by atoms with Gasteiger partial charge in [0.25, 0.3) is 0 Å². The molecule has 6 nitrogen and oxygen atoms in total. The van der Waals surface area contributed by atoms with Gasteiger partial charge in [0.1, 0.15) is 24.5 Å². The maximum absolute atomic E-state index is 13.8. The zero-order chi connectivity index (χ0) is 20.7. The molecule has 0 radical (unpaired) electrons. The van der Waals surface area contributed by atoms with Crippen molar-refractivity contribution in [2.45, 2.75) is 30.8 Å². The van der Waals surface area contributed by atoms with Crippen LogP contribution in [0.25, 0.3) is 0 Å². The fraction of sp³-hybridized carbons (Fsp3) is 0.304. The number of fused-ring (bicyclic) bond motifs is 1. The second-order valence-electron chi connectivity index (χ2n) is 7.91. The maximum Gasteiger partial charge on any atom is 0.170 e. The molecule has 1 fully saturated rings. The third-order valence-corrected chi connectivity index (χ3v) is 6.46. The molecular formula is C23H21ClN4O2. The number of carbonyl (C=O) groups excluding carboxylic acids is 2. The standard InChI is InChI=1S/C23H21ClN4O2/c24-16-6-3-5-15(10-16)18-11-19(29)20(23(30)22(18)28-13-25-12-27-28)21-17-7-2-1-4-14(17)8-9-26-21/h1-7,10,12-13,18,20-22,26H,8-9,11H2/t18-,20-,21-,22+/m1/s1. The third kappa shape index (κ3) is 3.26. The molecule has 0 unspecified atom stereocenters. The second-order valence-corrected chi connectivity index (χ2v) is 8.35. The first-order chi connectivity index (χ1) is 14.6. The molecule has 0 saturated heterocycles. The van der Waals surface area contributed by atoms with Crippen molar-refractivity contribution in [3.05, 3.63) is 82.9 Å². The first kappa shape index (κ1) is 19.2. The smallest absolute Gasteiger partial charge is 0.170 e. The van der Waals surface area contributed by atoms with Crippen LogP contribution in [0.5, 0.6) is 0 Å². The molecule has 2 aromatic carbocycles. The lowest BCUT2D eigenvalue weighted by Crippen LogP contribution is -2.48. The fourth-order valence-corrected chi connectivity index (χ4v) is 5.09. The zero-order valence-electron chi connectivity index (χ0n) is 16.2. The summed E-state index contributed by atoms with van der Waals surface area (Å²) < 4.78 is 1.59. The molecule has 1 aromatic heterocycles. The van der Waals surface area contributed by atoms with Gasteiger partial charge in [-0.1, -0.05) is 48.0 Å². The van der Waals surface area contributed by atoms with Gasteiger partial charge in [-0.2, -0.15) is 5.10 Å². The van der Waals surface area contributed by atoms with E-state index in [-0.39, 0.29) is 29.9 Å². The highest BCUT2D eigenvalue weighted by molar-refractivity contribution is 6.30. The number of halogens is 1. The van der Waals surface area contributed by atoms with Crippen LogP contribution in [0.3, 0.4) is 0 Å². The summed E-state index contributed by atoms with van der Waals surface area (Å²) in [5.41, 5.74) is 3.09. The zero-order valence-corrected chi connectivity index (χ0v) is 17.0. The van der Waals surface area contributed by atoms with Crippen molar-refractivity contribution in [1.29, 1.82) is 0 Å². The summed E-state index contributed by atoms with van der Waals surface area (Å²) in [6.45, 7) is 0.741. The van der Waals surface area contributed by atoms with Crippen LogP contribution in [0.4, 0.5) is 0 Å². The van der Waals surface area contributed by atoms with E-state index in [2.05, 4.69) is 21.5 Å². The summed E-state index contributed by atoms with van der Waals surface area (Å²) in [6.07, 6.45) is 4.11. The third-order valence-electron chi connectivity index (χ3n) is 6.23. The average molecular weight is 421 g/mol. The van der Waals surface area contributed by atoms with Gasteiger partial charge in [-0.15, -0.1) is 0 Å². The van der Waals surface area contributed by atoms with Crippen LogP contribution >= 0.6 is 11.6 Å². The number of ketones is 2. The van der Waals surface area contributed by atoms with E-state index >= 15 is 0 Å². The predicted molar refractivity (Wildman–Crippen MR) is 112 cm³/mol. The van der Waals surface area contributed by atoms with Crippen molar-refractivity contribution in [2.75, 3.05) is 6.54 Å². The minimum absolute atomic E-state index is 0.0458. The molecule has 1 N–H and O–H groups in total. The Balaban J connectivity index is 1.57. The van der Waals surface area contributed by atoms with Gasteiger partial charge in [0, 0.05) is 23.4 Å². The Morgan fingerprint density at radius 1 is 1.10 bits per heavy atom. The Bertz CT molecular complexity index is 1100. The van der Waals surface area contributed by atoms with E-state index in [0.717, 1.165) is 24.1 Å². The lowest BCUT2D eigenvalue weighted by Gasteiger charge is -2.39. The summed E-state index contributed by atoms with van der Waals surface area (Å²) in [5, 5.41) is 8.26. The quantitative estimate of drug-likeness (QED) is 0.658. The van der Waals surface area contributed by atoms with Crippen LogP contribution in [-0.4, -0.2) is 32.9 Å². The summed E-state index contributed by atoms with van der Waals surface area (Å²) in [5.74, 6) is -1.26. The minimum atomic E-state index is -0.754. The van der Waals surface area contributed by atoms with Crippen LogP contribution in [0, 0.1) is 5.92 Å². The van der Waals surface area contributed by atoms with E-state index in [1.165, 1.54) is 11.9 Å². The molecule has 1 aliphatic carbocycles. The average Bonchev–Trinajstić information content (AvgIpc) is 3.28. The van der Waals surface area contributed by atoms with Gasteiger partial charge in [0.2, 0.25) is 0 Å². The Hall–Kier alpha value is -2.83. The lowest BCUT2D eigenvalue weighted by atomic mass is 9.69. The number of nitrogens with zero attached hydrogens (tertiary/aromatic N) is 3. The minimum Gasteiger partial charge on any atom is -0.309 e. The van der Waals surface area contributed by atoms with E-state index in [4.69, 9.17) is 11.6 Å². The molecule has 4 atom stereocenters. The Labute approximate surface area is 179 Å². The van der Waals surface area contributed by atoms with Crippen molar-refractivity contribution in [3.63, 3.8) is 0 Å². The number of Topliss-reactive ketones (excluding diaryl/α,β-unsaturated/α-hetero) is 2. The van der Waals surface area contributed by atoms with Gasteiger partial charge in [-0.25, -0.2) is 9.67 Å². The van der Waals surface area contributed by atoms with E-state index in [1.807, 2.05) is 36.4 Å². The number of benzene rings is 2. The monoisotopic (exact) mass is 420 g/mol. The fourth-order valence-electron chi connectivity index (χ4n) is 4.89. The highest BCUT2D eigenvalue weighted by Gasteiger charge is 2.49. The number of hydrogen-bond donors (Lipinski definition) is 1. The molecular weight excluding hydrogens is 400 g/mol. The van der Waals surface area contributed by atoms with Crippen molar-refractivity contribution >= 4 is 23.2 Å². The summed E-state index contributed by atoms with van der Waals surface area (Å²) in [7, 11) is 0. The predicted octanol–water partition coefficient (Wildman–Crippen LogP) is 3.30. The van der Waals surface area contributed by atoms with Crippen molar-refractivity contribution in [2.24, 2.45) is 5.92 Å². The normalized spacial score (nSPS) is 26.4. The Kier molecular flexibility index (Phi) is 4.97. The molecule has 2 aliphatic rings. The van der Waals surface area contributed by atoms with Gasteiger partial charge in [0.15, 0.2) is 5.78 Å². The molecule has 3 aromatic rings. The van der Waals surface area contributed by atoms with Gasteiger partial charge in [-0.3, -0.25) is 9.59 Å². The molecule has 0 bridgehead atoms. The SMILES string of the molecule is O=C1C[C@H](c2cccc(Cl)c2)[C@H](n2cncn2)C(=O)[C@H]1[C@@H]1NCCc2ccccc21. The highest BCUT2D eigenvalue weighted by atomic mass is 35.5. The molecule has 1 saturated carbocycles. The number of rotatable bonds is 3. The van der Waals surface area contributed by atoms with E-state index in [0.29, 0.717) is 5.02 Å². The van der Waals surface area contributed by atoms with Crippen molar-refractivity contribution in [3.8, 4) is 0 Å². The summed E-state index contributed by atoms with van der Waals surface area (Å²) >= 11 is 6.20. The molecule has 0 spiro atoms. The van der Waals surface area contributed by atoms with Crippen LogP contribution in [0.1, 0.15) is 41.1 Å². The van der Waals surface area contributed by atoms with Gasteiger partial charge in [0.05, 0.1) is 5.92 Å². The molecule has 0 amide bonds. The van der Waals surface area contributed by atoms with E-state index < -0.39 is 12.0 Å². The number of aromatic nitrogens is 3. The number of carbonyl (C=O) groups is 2. The molecule has 30 heavy (non-hydrogen) atoms. The first-order valence-electron chi connectivity index (χ1n) is 10.1. The van der Waals surface area contributed by atoms with Crippen LogP contribution in [0.2, 0.25) is 5.02 Å². The topological polar surface area (TPSA) is 76.9 Å². The second kappa shape index (κ2) is 7.78. The van der Waals surface area contributed by atoms with Crippen LogP contribution in [0.15, 0.2) is 61.2 Å². The van der Waals surface area contributed by atoms with E-state index in [1.54, 1.807) is 17.1 Å². The summed E-state index contributed by atoms with van der Waals surface area (Å²) in [6, 6.07) is 14.5. The van der Waals surface area contributed by atoms with Crippen LogP contribution < -0.4 is 5.32 Å². The van der Waals surface area contributed by atoms with Crippen molar-refractivity contribution < 1.29 is 9.59 Å². The molecule has 2 heterocycles. The molecule has 5 rings (SSSR count). The molecule has 7 heteroatoms. The molecule has 1 aliphatic heterocycles. The summed E-state index contributed by atoms with van der Waals surface area (Å²) in [4.78, 5) is 31.2. The first-order valence-corrected chi connectivity index (χ1v) is 10.5. The molecule has 152 valence electrons. The van der Waals surface area contributed by atoms with Crippen LogP contribution in [-0.2, 0) is 16.0 Å². The van der Waals surface area contributed by atoms with Gasteiger partial charge in [-0.05, 0) is 41.8 Å². The number of nitrogens with one attached hydrogen (secondary N) is 1. The van der Waals surface area contributed by atoms with Gasteiger partial charge >= 0.3 is 0 Å². The maximum atomic E-state index is 13.8.